The van der Waals surface area contributed by atoms with Crippen molar-refractivity contribution in [3.05, 3.63) is 63.6 Å². The third-order valence-corrected chi connectivity index (χ3v) is 4.48. The fourth-order valence-electron chi connectivity index (χ4n) is 2.80. The molecule has 1 saturated carbocycles. The molecule has 0 aliphatic heterocycles. The number of carbonyl (C=O) groups excluding carboxylic acids is 1. The first kappa shape index (κ1) is 20.1. The highest BCUT2D eigenvalue weighted by molar-refractivity contribution is 5.92. The SMILES string of the molecule is COCCn1nc(C(=O)N(Cc2ccc(C(F)(F)F)cc2)C2CC2)ccc1=O. The Balaban J connectivity index is 1.79. The van der Waals surface area contributed by atoms with Gasteiger partial charge in [-0.25, -0.2) is 4.68 Å². The first-order valence-corrected chi connectivity index (χ1v) is 8.84. The van der Waals surface area contributed by atoms with Crippen LogP contribution in [0.2, 0.25) is 0 Å². The largest absolute Gasteiger partial charge is 0.416 e. The molecule has 0 atom stereocenters. The van der Waals surface area contributed by atoms with Gasteiger partial charge in [0.25, 0.3) is 11.5 Å². The van der Waals surface area contributed by atoms with Crippen LogP contribution in [0.3, 0.4) is 0 Å². The number of alkyl halides is 3. The number of methoxy groups -OCH3 is 1. The van der Waals surface area contributed by atoms with Gasteiger partial charge in [0, 0.05) is 25.8 Å². The second-order valence-corrected chi connectivity index (χ2v) is 6.63. The molecule has 1 aliphatic rings. The summed E-state index contributed by atoms with van der Waals surface area (Å²) in [5.74, 6) is -0.353. The van der Waals surface area contributed by atoms with E-state index in [0.29, 0.717) is 5.56 Å². The molecule has 0 saturated heterocycles. The van der Waals surface area contributed by atoms with Crippen molar-refractivity contribution >= 4 is 5.91 Å². The Labute approximate surface area is 159 Å². The van der Waals surface area contributed by atoms with Crippen LogP contribution in [-0.4, -0.2) is 40.3 Å². The van der Waals surface area contributed by atoms with E-state index in [1.165, 1.54) is 36.1 Å². The number of hydrogen-bond donors (Lipinski definition) is 0. The zero-order valence-corrected chi connectivity index (χ0v) is 15.3. The van der Waals surface area contributed by atoms with Crippen LogP contribution in [0.4, 0.5) is 13.2 Å². The van der Waals surface area contributed by atoms with Gasteiger partial charge in [-0.3, -0.25) is 9.59 Å². The molecule has 150 valence electrons. The molecule has 1 amide bonds. The van der Waals surface area contributed by atoms with Crippen molar-refractivity contribution in [2.45, 2.75) is 38.1 Å². The second-order valence-electron chi connectivity index (χ2n) is 6.63. The number of halogens is 3. The number of nitrogens with zero attached hydrogens (tertiary/aromatic N) is 3. The predicted octanol–water partition coefficient (Wildman–Crippen LogP) is 2.71. The molecule has 3 rings (SSSR count). The topological polar surface area (TPSA) is 64.4 Å². The fourth-order valence-corrected chi connectivity index (χ4v) is 2.80. The van der Waals surface area contributed by atoms with Gasteiger partial charge in [0.15, 0.2) is 0 Å². The molecule has 0 spiro atoms. The zero-order valence-electron chi connectivity index (χ0n) is 15.3. The van der Waals surface area contributed by atoms with Gasteiger partial charge in [0.1, 0.15) is 5.69 Å². The quantitative estimate of drug-likeness (QED) is 0.723. The van der Waals surface area contributed by atoms with Crippen LogP contribution in [0.1, 0.15) is 34.5 Å². The van der Waals surface area contributed by atoms with Crippen LogP contribution >= 0.6 is 0 Å². The Morgan fingerprint density at radius 1 is 1.21 bits per heavy atom. The van der Waals surface area contributed by atoms with E-state index in [1.54, 1.807) is 4.90 Å². The van der Waals surface area contributed by atoms with Crippen LogP contribution in [-0.2, 0) is 24.0 Å². The molecular weight excluding hydrogens is 375 g/mol. The summed E-state index contributed by atoms with van der Waals surface area (Å²) in [6.07, 6.45) is -2.74. The average Bonchev–Trinajstić information content (AvgIpc) is 3.49. The van der Waals surface area contributed by atoms with Gasteiger partial charge < -0.3 is 9.64 Å². The number of hydrogen-bond acceptors (Lipinski definition) is 4. The van der Waals surface area contributed by atoms with Crippen molar-refractivity contribution in [2.24, 2.45) is 0 Å². The van der Waals surface area contributed by atoms with Gasteiger partial charge in [-0.2, -0.15) is 18.3 Å². The molecule has 28 heavy (non-hydrogen) atoms. The third kappa shape index (κ3) is 4.78. The average molecular weight is 395 g/mol. The molecular formula is C19H20F3N3O3. The Kier molecular flexibility index (Phi) is 5.83. The van der Waals surface area contributed by atoms with Crippen molar-refractivity contribution in [1.29, 1.82) is 0 Å². The molecule has 0 unspecified atom stereocenters. The van der Waals surface area contributed by atoms with Gasteiger partial charge in [-0.15, -0.1) is 0 Å². The van der Waals surface area contributed by atoms with Crippen LogP contribution in [0.25, 0.3) is 0 Å². The number of benzene rings is 1. The molecule has 1 fully saturated rings. The molecule has 0 radical (unpaired) electrons. The summed E-state index contributed by atoms with van der Waals surface area (Å²) < 4.78 is 44.3. The molecule has 1 aromatic heterocycles. The van der Waals surface area contributed by atoms with Gasteiger partial charge in [-0.05, 0) is 36.6 Å². The molecule has 0 N–H and O–H groups in total. The molecule has 1 aromatic carbocycles. The second kappa shape index (κ2) is 8.14. The smallest absolute Gasteiger partial charge is 0.383 e. The van der Waals surface area contributed by atoms with Gasteiger partial charge in [0.05, 0.1) is 18.7 Å². The Hall–Kier alpha value is -2.68. The lowest BCUT2D eigenvalue weighted by Crippen LogP contribution is -2.35. The summed E-state index contributed by atoms with van der Waals surface area (Å²) in [4.78, 5) is 26.4. The normalized spacial score (nSPS) is 14.1. The molecule has 6 nitrogen and oxygen atoms in total. The maximum absolute atomic E-state index is 12.9. The standard InChI is InChI=1S/C19H20F3N3O3/c1-28-11-10-25-17(26)9-8-16(23-25)18(27)24(15-6-7-15)12-13-2-4-14(5-3-13)19(20,21)22/h2-5,8-9,15H,6-7,10-12H2,1H3. The van der Waals surface area contributed by atoms with E-state index in [4.69, 9.17) is 4.74 Å². The molecule has 1 aliphatic carbocycles. The van der Waals surface area contributed by atoms with E-state index in [-0.39, 0.29) is 42.9 Å². The lowest BCUT2D eigenvalue weighted by Gasteiger charge is -2.22. The highest BCUT2D eigenvalue weighted by atomic mass is 19.4. The zero-order chi connectivity index (χ0) is 20.3. The van der Waals surface area contributed by atoms with Crippen molar-refractivity contribution in [1.82, 2.24) is 14.7 Å². The van der Waals surface area contributed by atoms with Crippen LogP contribution in [0.5, 0.6) is 0 Å². The van der Waals surface area contributed by atoms with Gasteiger partial charge in [0.2, 0.25) is 0 Å². The predicted molar refractivity (Wildman–Crippen MR) is 94.7 cm³/mol. The van der Waals surface area contributed by atoms with E-state index in [2.05, 4.69) is 5.10 Å². The minimum Gasteiger partial charge on any atom is -0.383 e. The Morgan fingerprint density at radius 2 is 1.89 bits per heavy atom. The first-order chi connectivity index (χ1) is 13.3. The van der Waals surface area contributed by atoms with E-state index in [1.807, 2.05) is 0 Å². The Morgan fingerprint density at radius 3 is 2.46 bits per heavy atom. The summed E-state index contributed by atoms with van der Waals surface area (Å²) in [6, 6.07) is 7.43. The van der Waals surface area contributed by atoms with Gasteiger partial charge >= 0.3 is 6.18 Å². The summed E-state index contributed by atoms with van der Waals surface area (Å²) in [6.45, 7) is 0.682. The molecule has 1 heterocycles. The fraction of sp³-hybridized carbons (Fsp3) is 0.421. The lowest BCUT2D eigenvalue weighted by molar-refractivity contribution is -0.137. The molecule has 2 aromatic rings. The van der Waals surface area contributed by atoms with Crippen molar-refractivity contribution in [2.75, 3.05) is 13.7 Å². The van der Waals surface area contributed by atoms with E-state index in [9.17, 15) is 22.8 Å². The summed E-state index contributed by atoms with van der Waals surface area (Å²) in [5.41, 5.74) is -0.350. The third-order valence-electron chi connectivity index (χ3n) is 4.48. The Bertz CT molecular complexity index is 890. The lowest BCUT2D eigenvalue weighted by atomic mass is 10.1. The minimum atomic E-state index is -4.40. The maximum Gasteiger partial charge on any atom is 0.416 e. The highest BCUT2D eigenvalue weighted by Gasteiger charge is 2.34. The summed E-state index contributed by atoms with van der Waals surface area (Å²) >= 11 is 0. The van der Waals surface area contributed by atoms with Crippen LogP contribution in [0, 0.1) is 0 Å². The number of rotatable bonds is 7. The monoisotopic (exact) mass is 395 g/mol. The maximum atomic E-state index is 12.9. The van der Waals surface area contributed by atoms with Gasteiger partial charge in [-0.1, -0.05) is 12.1 Å². The number of ether oxygens (including phenoxy) is 1. The van der Waals surface area contributed by atoms with E-state index < -0.39 is 11.7 Å². The molecule has 9 heteroatoms. The first-order valence-electron chi connectivity index (χ1n) is 8.84. The number of amides is 1. The summed E-state index contributed by atoms with van der Waals surface area (Å²) in [5, 5.41) is 4.11. The van der Waals surface area contributed by atoms with E-state index >= 15 is 0 Å². The van der Waals surface area contributed by atoms with Crippen LogP contribution < -0.4 is 5.56 Å². The van der Waals surface area contributed by atoms with Crippen LogP contribution in [0.15, 0.2) is 41.2 Å². The number of aromatic nitrogens is 2. The van der Waals surface area contributed by atoms with Crippen molar-refractivity contribution in [3.8, 4) is 0 Å². The van der Waals surface area contributed by atoms with Crippen molar-refractivity contribution < 1.29 is 22.7 Å². The highest BCUT2D eigenvalue weighted by Crippen LogP contribution is 2.31. The number of carbonyl (C=O) groups is 1. The van der Waals surface area contributed by atoms with Crippen molar-refractivity contribution in [3.63, 3.8) is 0 Å². The minimum absolute atomic E-state index is 0.0240. The molecule has 0 bridgehead atoms. The van der Waals surface area contributed by atoms with E-state index in [0.717, 1.165) is 25.0 Å². The summed E-state index contributed by atoms with van der Waals surface area (Å²) in [7, 11) is 1.50.